The van der Waals surface area contributed by atoms with Gasteiger partial charge in [-0.3, -0.25) is 14.3 Å². The topological polar surface area (TPSA) is 149 Å². The number of nitrogen functional groups attached to an aromatic ring is 1. The summed E-state index contributed by atoms with van der Waals surface area (Å²) >= 11 is 0. The van der Waals surface area contributed by atoms with E-state index in [1.807, 2.05) is 0 Å². The minimum absolute atomic E-state index is 0.0661. The molecule has 0 aliphatic rings. The van der Waals surface area contributed by atoms with E-state index < -0.39 is 30.6 Å². The lowest BCUT2D eigenvalue weighted by Crippen LogP contribution is -2.39. The van der Waals surface area contributed by atoms with Gasteiger partial charge >= 0.3 is 0 Å². The van der Waals surface area contributed by atoms with E-state index in [0.717, 1.165) is 0 Å². The second-order valence-electron chi connectivity index (χ2n) is 4.35. The first-order chi connectivity index (χ1) is 10.0. The largest absolute Gasteiger partial charge is 0.394 e. The lowest BCUT2D eigenvalue weighted by atomic mass is 10.2. The van der Waals surface area contributed by atoms with Crippen LogP contribution in [0.4, 0.5) is 5.95 Å². The van der Waals surface area contributed by atoms with Crippen molar-refractivity contribution in [3.8, 4) is 0 Å². The van der Waals surface area contributed by atoms with Crippen molar-refractivity contribution < 1.29 is 19.7 Å². The van der Waals surface area contributed by atoms with Crippen LogP contribution in [0.3, 0.4) is 0 Å². The Bertz CT molecular complexity index is 665. The summed E-state index contributed by atoms with van der Waals surface area (Å²) < 4.78 is 11.5. The highest BCUT2D eigenvalue weighted by Gasteiger charge is 2.30. The number of methoxy groups -OCH3 is 2. The van der Waals surface area contributed by atoms with Gasteiger partial charge in [-0.05, 0) is 0 Å². The highest BCUT2D eigenvalue weighted by Crippen LogP contribution is 2.21. The predicted octanol–water partition coefficient (Wildman–Crippen LogP) is -1.78. The molecule has 10 heteroatoms. The number of hydrogen-bond acceptors (Lipinski definition) is 8. The van der Waals surface area contributed by atoms with Crippen LogP contribution in [0.25, 0.3) is 11.2 Å². The number of rotatable bonds is 6. The SMILES string of the molecule is CO[C@H]([C@H](O)[C@@H](CO)OC)n1cnc2c(=O)[nH]c(N)nc21. The third-order valence-corrected chi connectivity index (χ3v) is 3.12. The molecule has 0 fully saturated rings. The molecular weight excluding hydrogens is 282 g/mol. The molecule has 0 aromatic carbocycles. The van der Waals surface area contributed by atoms with Gasteiger partial charge in [-0.2, -0.15) is 4.98 Å². The number of aromatic amines is 1. The van der Waals surface area contributed by atoms with Gasteiger partial charge in [-0.25, -0.2) is 4.98 Å². The van der Waals surface area contributed by atoms with E-state index in [2.05, 4.69) is 15.0 Å². The number of nitrogens with two attached hydrogens (primary N) is 1. The molecule has 2 rings (SSSR count). The van der Waals surface area contributed by atoms with Crippen molar-refractivity contribution in [3.63, 3.8) is 0 Å². The third kappa shape index (κ3) is 2.74. The Morgan fingerprint density at radius 2 is 2.19 bits per heavy atom. The number of H-pyrrole nitrogens is 1. The van der Waals surface area contributed by atoms with Crippen LogP contribution >= 0.6 is 0 Å². The predicted molar refractivity (Wildman–Crippen MR) is 72.5 cm³/mol. The Hall–Kier alpha value is -2.01. The summed E-state index contributed by atoms with van der Waals surface area (Å²) in [4.78, 5) is 22.0. The Morgan fingerprint density at radius 1 is 1.48 bits per heavy atom. The molecule has 0 bridgehead atoms. The number of nitrogens with one attached hydrogen (secondary N) is 1. The maximum Gasteiger partial charge on any atom is 0.280 e. The summed E-state index contributed by atoms with van der Waals surface area (Å²) in [6.45, 7) is -0.402. The second kappa shape index (κ2) is 6.18. The van der Waals surface area contributed by atoms with Gasteiger partial charge in [0.05, 0.1) is 12.9 Å². The van der Waals surface area contributed by atoms with Gasteiger partial charge in [0.15, 0.2) is 17.4 Å². The molecule has 2 aromatic heterocycles. The molecule has 3 atom stereocenters. The fourth-order valence-electron chi connectivity index (χ4n) is 2.05. The number of nitrogens with zero attached hydrogens (tertiary/aromatic N) is 3. The smallest absolute Gasteiger partial charge is 0.280 e. The monoisotopic (exact) mass is 299 g/mol. The van der Waals surface area contributed by atoms with Crippen molar-refractivity contribution in [2.24, 2.45) is 0 Å². The van der Waals surface area contributed by atoms with Crippen molar-refractivity contribution in [3.05, 3.63) is 16.7 Å². The number of ether oxygens (including phenoxy) is 2. The fraction of sp³-hybridized carbons (Fsp3) is 0.545. The van der Waals surface area contributed by atoms with Crippen molar-refractivity contribution in [2.45, 2.75) is 18.4 Å². The van der Waals surface area contributed by atoms with Crippen molar-refractivity contribution >= 4 is 17.1 Å². The summed E-state index contributed by atoms with van der Waals surface area (Å²) in [7, 11) is 2.71. The maximum absolute atomic E-state index is 11.7. The van der Waals surface area contributed by atoms with Crippen LogP contribution in [0.1, 0.15) is 6.23 Å². The van der Waals surface area contributed by atoms with Crippen molar-refractivity contribution in [1.29, 1.82) is 0 Å². The molecule has 10 nitrogen and oxygen atoms in total. The molecule has 116 valence electrons. The number of aliphatic hydroxyl groups excluding tert-OH is 2. The minimum atomic E-state index is -1.20. The average molecular weight is 299 g/mol. The average Bonchev–Trinajstić information content (AvgIpc) is 2.85. The Kier molecular flexibility index (Phi) is 4.53. The molecule has 0 amide bonds. The van der Waals surface area contributed by atoms with Gasteiger partial charge < -0.3 is 25.4 Å². The Labute approximate surface area is 119 Å². The van der Waals surface area contributed by atoms with Gasteiger partial charge in [-0.15, -0.1) is 0 Å². The zero-order chi connectivity index (χ0) is 15.6. The number of anilines is 1. The molecule has 2 aromatic rings. The molecule has 0 aliphatic heterocycles. The summed E-state index contributed by atoms with van der Waals surface area (Å²) in [5.41, 5.74) is 5.24. The highest BCUT2D eigenvalue weighted by atomic mass is 16.5. The van der Waals surface area contributed by atoms with Gasteiger partial charge in [0.1, 0.15) is 12.2 Å². The van der Waals surface area contributed by atoms with Crippen LogP contribution in [0, 0.1) is 0 Å². The quantitative estimate of drug-likeness (QED) is 0.489. The first kappa shape index (κ1) is 15.4. The Balaban J connectivity index is 2.50. The molecule has 0 aliphatic carbocycles. The number of aromatic nitrogens is 4. The van der Waals surface area contributed by atoms with Crippen LogP contribution in [-0.2, 0) is 9.47 Å². The number of hydrogen-bond donors (Lipinski definition) is 4. The Morgan fingerprint density at radius 3 is 2.76 bits per heavy atom. The summed E-state index contributed by atoms with van der Waals surface area (Å²) in [5.74, 6) is -0.0796. The van der Waals surface area contributed by atoms with E-state index >= 15 is 0 Å². The van der Waals surface area contributed by atoms with Crippen LogP contribution in [0.15, 0.2) is 11.1 Å². The van der Waals surface area contributed by atoms with Crippen LogP contribution in [0.5, 0.6) is 0 Å². The van der Waals surface area contributed by atoms with E-state index in [1.54, 1.807) is 0 Å². The van der Waals surface area contributed by atoms with E-state index in [0.29, 0.717) is 0 Å². The van der Waals surface area contributed by atoms with Crippen LogP contribution in [0.2, 0.25) is 0 Å². The molecule has 0 saturated carbocycles. The molecule has 0 radical (unpaired) electrons. The highest BCUT2D eigenvalue weighted by molar-refractivity contribution is 5.70. The molecule has 5 N–H and O–H groups in total. The van der Waals surface area contributed by atoms with Gasteiger partial charge in [0, 0.05) is 14.2 Å². The molecule has 0 spiro atoms. The van der Waals surface area contributed by atoms with Crippen molar-refractivity contribution in [2.75, 3.05) is 26.6 Å². The van der Waals surface area contributed by atoms with Gasteiger partial charge in [0.25, 0.3) is 5.56 Å². The van der Waals surface area contributed by atoms with E-state index in [4.69, 9.17) is 15.2 Å². The van der Waals surface area contributed by atoms with Crippen LogP contribution in [-0.4, -0.2) is 62.8 Å². The standard InChI is InChI=1S/C11H17N5O5/c1-20-5(3-17)7(18)10(21-2)16-4-13-6-8(16)14-11(12)15-9(6)19/h4-5,7,10,17-18H,3H2,1-2H3,(H3,12,14,15,19)/t5-,7-,10-/m1/s1. The zero-order valence-corrected chi connectivity index (χ0v) is 11.6. The number of imidazole rings is 1. The van der Waals surface area contributed by atoms with E-state index in [1.165, 1.54) is 25.1 Å². The minimum Gasteiger partial charge on any atom is -0.394 e. The third-order valence-electron chi connectivity index (χ3n) is 3.12. The van der Waals surface area contributed by atoms with Gasteiger partial charge in [-0.1, -0.05) is 0 Å². The zero-order valence-electron chi connectivity index (χ0n) is 11.6. The molecule has 0 saturated heterocycles. The number of fused-ring (bicyclic) bond motifs is 1. The van der Waals surface area contributed by atoms with Gasteiger partial charge in [0.2, 0.25) is 5.95 Å². The van der Waals surface area contributed by atoms with Crippen molar-refractivity contribution in [1.82, 2.24) is 19.5 Å². The molecule has 21 heavy (non-hydrogen) atoms. The lowest BCUT2D eigenvalue weighted by molar-refractivity contribution is -0.129. The first-order valence-electron chi connectivity index (χ1n) is 6.10. The fourth-order valence-corrected chi connectivity index (χ4v) is 2.05. The second-order valence-corrected chi connectivity index (χ2v) is 4.35. The van der Waals surface area contributed by atoms with Crippen LogP contribution < -0.4 is 11.3 Å². The summed E-state index contributed by atoms with van der Waals surface area (Å²) in [5, 5.41) is 19.4. The van der Waals surface area contributed by atoms with E-state index in [9.17, 15) is 15.0 Å². The summed E-state index contributed by atoms with van der Waals surface area (Å²) in [6, 6.07) is 0. The molecule has 2 heterocycles. The molecular formula is C11H17N5O5. The normalized spacial score (nSPS) is 16.0. The first-order valence-corrected chi connectivity index (χ1v) is 6.10. The number of aliphatic hydroxyl groups is 2. The maximum atomic E-state index is 11.7. The lowest BCUT2D eigenvalue weighted by Gasteiger charge is -2.27. The summed E-state index contributed by atoms with van der Waals surface area (Å²) in [6.07, 6.45) is -1.73. The molecule has 0 unspecified atom stereocenters. The van der Waals surface area contributed by atoms with E-state index in [-0.39, 0.29) is 17.1 Å².